The van der Waals surface area contributed by atoms with Gasteiger partial charge in [-0.15, -0.1) is 0 Å². The molecule has 1 N–H and O–H groups in total. The summed E-state index contributed by atoms with van der Waals surface area (Å²) >= 11 is 0. The molecule has 1 aromatic carbocycles. The van der Waals surface area contributed by atoms with Crippen LogP contribution < -0.4 is 4.90 Å². The lowest BCUT2D eigenvalue weighted by atomic mass is 9.71. The lowest BCUT2D eigenvalue weighted by molar-refractivity contribution is 0.0696. The monoisotopic (exact) mass is 335 g/mol. The minimum absolute atomic E-state index is 0.391. The largest absolute Gasteiger partial charge is 0.478 e. The lowest BCUT2D eigenvalue weighted by Crippen LogP contribution is -2.51. The third-order valence-electron chi connectivity index (χ3n) is 6.83. The van der Waals surface area contributed by atoms with Gasteiger partial charge in [-0.3, -0.25) is 0 Å². The highest BCUT2D eigenvalue weighted by molar-refractivity contribution is 5.90. The Hall–Kier alpha value is -2.03. The maximum Gasteiger partial charge on any atom is 0.335 e. The smallest absolute Gasteiger partial charge is 0.335 e. The van der Waals surface area contributed by atoms with E-state index in [9.17, 15) is 9.90 Å². The van der Waals surface area contributed by atoms with Crippen molar-refractivity contribution in [2.24, 2.45) is 11.8 Å². The van der Waals surface area contributed by atoms with Gasteiger partial charge in [-0.2, -0.15) is 0 Å². The Morgan fingerprint density at radius 3 is 2.64 bits per heavy atom. The number of carbonyl (C=O) groups is 1. The molecule has 3 heteroatoms. The van der Waals surface area contributed by atoms with E-state index in [0.717, 1.165) is 19.4 Å². The molecule has 2 aliphatic heterocycles. The summed E-state index contributed by atoms with van der Waals surface area (Å²) in [6, 6.07) is 4.51. The first-order valence-corrected chi connectivity index (χ1v) is 9.70. The van der Waals surface area contributed by atoms with Gasteiger partial charge in [0.2, 0.25) is 0 Å². The van der Waals surface area contributed by atoms with Gasteiger partial charge in [0, 0.05) is 30.1 Å². The van der Waals surface area contributed by atoms with Gasteiger partial charge in [0.15, 0.2) is 0 Å². The van der Waals surface area contributed by atoms with Gasteiger partial charge in [0.25, 0.3) is 0 Å². The minimum atomic E-state index is -0.802. The van der Waals surface area contributed by atoms with Crippen LogP contribution in [0.3, 0.4) is 0 Å². The second-order valence-corrected chi connectivity index (χ2v) is 8.12. The Labute approximate surface area is 149 Å². The van der Waals surface area contributed by atoms with Crippen molar-refractivity contribution in [1.29, 1.82) is 0 Å². The number of rotatable bonds is 3. The van der Waals surface area contributed by atoms with E-state index in [1.807, 2.05) is 12.1 Å². The molecule has 0 amide bonds. The molecule has 2 aliphatic carbocycles. The van der Waals surface area contributed by atoms with Crippen molar-refractivity contribution in [1.82, 2.24) is 0 Å². The topological polar surface area (TPSA) is 40.5 Å². The number of nitrogens with zero attached hydrogens (tertiary/aromatic N) is 1. The normalized spacial score (nSPS) is 34.0. The molecule has 0 radical (unpaired) electrons. The molecule has 0 spiro atoms. The quantitative estimate of drug-likeness (QED) is 0.814. The second-order valence-electron chi connectivity index (χ2n) is 8.12. The molecule has 0 unspecified atom stereocenters. The van der Waals surface area contributed by atoms with Crippen molar-refractivity contribution >= 4 is 11.7 Å². The Balaban J connectivity index is 1.74. The Bertz CT molecular complexity index is 776. The molecule has 0 bridgehead atoms. The van der Waals surface area contributed by atoms with E-state index in [2.05, 4.69) is 36.1 Å². The Morgan fingerprint density at radius 1 is 1.16 bits per heavy atom. The first-order valence-electron chi connectivity index (χ1n) is 9.70. The van der Waals surface area contributed by atoms with Gasteiger partial charge >= 0.3 is 5.97 Å². The van der Waals surface area contributed by atoms with Crippen LogP contribution in [0.4, 0.5) is 5.69 Å². The lowest BCUT2D eigenvalue weighted by Gasteiger charge is -2.51. The van der Waals surface area contributed by atoms with Crippen molar-refractivity contribution in [3.05, 3.63) is 53.1 Å². The first kappa shape index (κ1) is 15.2. The number of allylic oxidation sites excluding steroid dienone is 4. The predicted molar refractivity (Wildman–Crippen MR) is 99.4 cm³/mol. The third-order valence-corrected chi connectivity index (χ3v) is 6.83. The number of aromatic carboxylic acids is 1. The summed E-state index contributed by atoms with van der Waals surface area (Å²) in [7, 11) is 0. The summed E-state index contributed by atoms with van der Waals surface area (Å²) in [5.41, 5.74) is 4.35. The summed E-state index contributed by atoms with van der Waals surface area (Å²) in [5.74, 6) is 1.20. The van der Waals surface area contributed by atoms with Crippen LogP contribution in [0.15, 0.2) is 36.4 Å². The summed E-state index contributed by atoms with van der Waals surface area (Å²) in [6.45, 7) is 3.41. The van der Waals surface area contributed by atoms with Gasteiger partial charge in [-0.25, -0.2) is 4.79 Å². The van der Waals surface area contributed by atoms with Crippen molar-refractivity contribution < 1.29 is 9.90 Å². The average molecular weight is 335 g/mol. The van der Waals surface area contributed by atoms with Crippen LogP contribution in [-0.4, -0.2) is 23.7 Å². The number of benzene rings is 1. The first-order chi connectivity index (χ1) is 12.2. The standard InChI is InChI=1S/C22H25NO2/c1-2-5-20-17-9-4-8-16(17)19-11-14(22(24)25)10-18-15-7-3-6-13(15)12-23(20)21(18)19/h3-4,7-8,10-11,13,15-17,20H,2,5-6,9,12H2,1H3,(H,24,25)/t13-,15+,16+,17+,20-/m1/s1. The minimum Gasteiger partial charge on any atom is -0.478 e. The van der Waals surface area contributed by atoms with Crippen molar-refractivity contribution in [3.8, 4) is 0 Å². The van der Waals surface area contributed by atoms with E-state index in [0.29, 0.717) is 35.3 Å². The van der Waals surface area contributed by atoms with E-state index in [4.69, 9.17) is 0 Å². The number of fused-ring (bicyclic) bond motifs is 4. The van der Waals surface area contributed by atoms with Crippen LogP contribution in [0.5, 0.6) is 0 Å². The van der Waals surface area contributed by atoms with E-state index < -0.39 is 5.97 Å². The van der Waals surface area contributed by atoms with Gasteiger partial charge in [0.1, 0.15) is 0 Å². The van der Waals surface area contributed by atoms with E-state index >= 15 is 0 Å². The molecule has 3 nitrogen and oxygen atoms in total. The highest BCUT2D eigenvalue weighted by Crippen LogP contribution is 2.55. The highest BCUT2D eigenvalue weighted by atomic mass is 16.4. The fraction of sp³-hybridized carbons (Fsp3) is 0.500. The molecular formula is C22H25NO2. The van der Waals surface area contributed by atoms with Crippen LogP contribution in [-0.2, 0) is 0 Å². The summed E-state index contributed by atoms with van der Waals surface area (Å²) < 4.78 is 0. The Morgan fingerprint density at radius 2 is 1.88 bits per heavy atom. The number of anilines is 1. The zero-order chi connectivity index (χ0) is 17.1. The van der Waals surface area contributed by atoms with E-state index in [1.54, 1.807) is 0 Å². The summed E-state index contributed by atoms with van der Waals surface area (Å²) in [4.78, 5) is 14.4. The molecule has 5 atom stereocenters. The molecule has 1 aromatic rings. The molecule has 0 saturated heterocycles. The Kier molecular flexibility index (Phi) is 3.34. The van der Waals surface area contributed by atoms with Crippen LogP contribution in [0.25, 0.3) is 0 Å². The molecule has 130 valence electrons. The van der Waals surface area contributed by atoms with Crippen LogP contribution in [0.1, 0.15) is 65.9 Å². The molecular weight excluding hydrogens is 310 g/mol. The zero-order valence-corrected chi connectivity index (χ0v) is 14.7. The number of carboxylic acid groups (broad SMARTS) is 1. The zero-order valence-electron chi connectivity index (χ0n) is 14.7. The molecule has 5 rings (SSSR count). The molecule has 4 aliphatic rings. The predicted octanol–water partition coefficient (Wildman–Crippen LogP) is 4.71. The number of hydrogen-bond acceptors (Lipinski definition) is 2. The second kappa shape index (κ2) is 5.48. The average Bonchev–Trinajstić information content (AvgIpc) is 3.26. The van der Waals surface area contributed by atoms with Gasteiger partial charge in [-0.05, 0) is 54.4 Å². The summed E-state index contributed by atoms with van der Waals surface area (Å²) in [6.07, 6.45) is 13.9. The van der Waals surface area contributed by atoms with Gasteiger partial charge < -0.3 is 10.0 Å². The van der Waals surface area contributed by atoms with Crippen molar-refractivity contribution in [2.75, 3.05) is 11.4 Å². The van der Waals surface area contributed by atoms with Crippen molar-refractivity contribution in [2.45, 2.75) is 50.5 Å². The SMILES string of the molecule is CCC[C@@H]1[C@H]2CC=C[C@@H]2c2cc(C(=O)O)cc3c2N1C[C@H]1CC=C[C@H]31. The third kappa shape index (κ3) is 2.08. The van der Waals surface area contributed by atoms with Gasteiger partial charge in [-0.1, -0.05) is 37.6 Å². The number of carboxylic acids is 1. The molecule has 25 heavy (non-hydrogen) atoms. The van der Waals surface area contributed by atoms with E-state index in [-0.39, 0.29) is 0 Å². The highest BCUT2D eigenvalue weighted by Gasteiger charge is 2.47. The van der Waals surface area contributed by atoms with Crippen molar-refractivity contribution in [3.63, 3.8) is 0 Å². The maximum absolute atomic E-state index is 11.8. The molecule has 0 fully saturated rings. The molecule has 0 saturated carbocycles. The molecule has 2 heterocycles. The summed E-state index contributed by atoms with van der Waals surface area (Å²) in [5, 5.41) is 9.66. The van der Waals surface area contributed by atoms with Crippen LogP contribution in [0.2, 0.25) is 0 Å². The van der Waals surface area contributed by atoms with Gasteiger partial charge in [0.05, 0.1) is 5.56 Å². The van der Waals surface area contributed by atoms with E-state index in [1.165, 1.54) is 29.7 Å². The molecule has 0 aromatic heterocycles. The fourth-order valence-corrected chi connectivity index (χ4v) is 5.84. The van der Waals surface area contributed by atoms with Crippen LogP contribution >= 0.6 is 0 Å². The maximum atomic E-state index is 11.8. The fourth-order valence-electron chi connectivity index (χ4n) is 5.84. The number of hydrogen-bond donors (Lipinski definition) is 1. The van der Waals surface area contributed by atoms with Crippen LogP contribution in [0, 0.1) is 11.8 Å².